The van der Waals surface area contributed by atoms with Gasteiger partial charge in [-0.2, -0.15) is 0 Å². The van der Waals surface area contributed by atoms with Crippen LogP contribution in [0.25, 0.3) is 10.6 Å². The molecular formula is C20H22N2O2S. The van der Waals surface area contributed by atoms with Crippen molar-refractivity contribution in [3.63, 3.8) is 0 Å². The minimum atomic E-state index is -0.00695. The third-order valence-electron chi connectivity index (χ3n) is 5.21. The van der Waals surface area contributed by atoms with Gasteiger partial charge in [-0.25, -0.2) is 4.98 Å². The minimum Gasteiger partial charge on any atom is -0.507 e. The molecule has 2 aromatic rings. The van der Waals surface area contributed by atoms with Gasteiger partial charge in [0.25, 0.3) is 5.91 Å². The maximum atomic E-state index is 13.0. The fraction of sp³-hybridized carbons (Fsp3) is 0.400. The second-order valence-electron chi connectivity index (χ2n) is 6.86. The number of carbonyl (C=O) groups is 1. The number of rotatable bonds is 2. The van der Waals surface area contributed by atoms with Crippen LogP contribution in [0.5, 0.6) is 5.75 Å². The lowest BCUT2D eigenvalue weighted by Crippen LogP contribution is -2.39. The summed E-state index contributed by atoms with van der Waals surface area (Å²) in [6, 6.07) is 5.60. The molecule has 4 rings (SSSR count). The van der Waals surface area contributed by atoms with Crippen LogP contribution >= 0.6 is 11.3 Å². The first-order chi connectivity index (χ1) is 12.1. The van der Waals surface area contributed by atoms with Crippen LogP contribution in [-0.2, 0) is 0 Å². The van der Waals surface area contributed by atoms with E-state index in [2.05, 4.69) is 11.1 Å². The highest BCUT2D eigenvalue weighted by Crippen LogP contribution is 2.37. The van der Waals surface area contributed by atoms with E-state index in [-0.39, 0.29) is 11.7 Å². The molecule has 4 nitrogen and oxygen atoms in total. The Hall–Kier alpha value is -2.14. The third-order valence-corrected chi connectivity index (χ3v) is 6.09. The van der Waals surface area contributed by atoms with Gasteiger partial charge in [-0.3, -0.25) is 4.79 Å². The molecular weight excluding hydrogens is 332 g/mol. The minimum absolute atomic E-state index is 0.00695. The second kappa shape index (κ2) is 6.64. The van der Waals surface area contributed by atoms with Crippen LogP contribution in [-0.4, -0.2) is 27.4 Å². The van der Waals surface area contributed by atoms with E-state index in [1.165, 1.54) is 36.3 Å². The Kier molecular flexibility index (Phi) is 4.34. The molecule has 0 bridgehead atoms. The molecule has 0 saturated carbocycles. The Bertz CT molecular complexity index is 840. The molecule has 1 aromatic carbocycles. The van der Waals surface area contributed by atoms with Crippen molar-refractivity contribution < 1.29 is 9.90 Å². The first kappa shape index (κ1) is 16.3. The van der Waals surface area contributed by atoms with Gasteiger partial charge in [0, 0.05) is 17.6 Å². The Morgan fingerprint density at radius 3 is 3.04 bits per heavy atom. The van der Waals surface area contributed by atoms with Crippen LogP contribution in [0.15, 0.2) is 35.4 Å². The van der Waals surface area contributed by atoms with Gasteiger partial charge in [0.05, 0.1) is 5.56 Å². The molecule has 5 heteroatoms. The normalized spacial score (nSPS) is 20.1. The number of hydrogen-bond acceptors (Lipinski definition) is 4. The van der Waals surface area contributed by atoms with Crippen molar-refractivity contribution in [3.8, 4) is 16.3 Å². The summed E-state index contributed by atoms with van der Waals surface area (Å²) in [5.74, 6) is 0.766. The van der Waals surface area contributed by atoms with Crippen LogP contribution in [0, 0.1) is 12.8 Å². The number of allylic oxidation sites excluding steroid dienone is 2. The number of benzene rings is 1. The van der Waals surface area contributed by atoms with Gasteiger partial charge in [0.1, 0.15) is 16.5 Å². The second-order valence-corrected chi connectivity index (χ2v) is 7.72. The number of nitrogens with zero attached hydrogens (tertiary/aromatic N) is 2. The number of hydrogen-bond donors (Lipinski definition) is 1. The summed E-state index contributed by atoms with van der Waals surface area (Å²) < 4.78 is 0. The van der Waals surface area contributed by atoms with Crippen molar-refractivity contribution >= 4 is 17.2 Å². The first-order valence-electron chi connectivity index (χ1n) is 8.91. The van der Waals surface area contributed by atoms with E-state index in [4.69, 9.17) is 0 Å². The van der Waals surface area contributed by atoms with Crippen LogP contribution in [0.4, 0.5) is 0 Å². The SMILES string of the molecule is Cc1cccc(-c2nc(C(=O)N3CCCC4CCCC=C43)cs2)c1O. The molecule has 1 N–H and O–H groups in total. The average Bonchev–Trinajstić information content (AvgIpc) is 3.13. The predicted octanol–water partition coefficient (Wildman–Crippen LogP) is 4.74. The molecule has 1 aliphatic carbocycles. The van der Waals surface area contributed by atoms with E-state index >= 15 is 0 Å². The summed E-state index contributed by atoms with van der Waals surface area (Å²) in [4.78, 5) is 19.5. The van der Waals surface area contributed by atoms with Gasteiger partial charge in [-0.15, -0.1) is 11.3 Å². The molecule has 1 unspecified atom stereocenters. The zero-order valence-electron chi connectivity index (χ0n) is 14.4. The van der Waals surface area contributed by atoms with E-state index in [9.17, 15) is 9.90 Å². The molecule has 130 valence electrons. The standard InChI is InChI=1S/C20H22N2O2S/c1-13-6-4-9-15(18(13)23)19-21-16(12-25-19)20(24)22-11-5-8-14-7-2-3-10-17(14)22/h4,6,9-10,12,14,23H,2-3,5,7-8,11H2,1H3. The van der Waals surface area contributed by atoms with E-state index < -0.39 is 0 Å². The smallest absolute Gasteiger partial charge is 0.277 e. The molecule has 1 amide bonds. The number of phenolic OH excluding ortho intramolecular Hbond substituents is 1. The maximum absolute atomic E-state index is 13.0. The Morgan fingerprint density at radius 2 is 2.16 bits per heavy atom. The van der Waals surface area contributed by atoms with Crippen molar-refractivity contribution in [2.24, 2.45) is 5.92 Å². The lowest BCUT2D eigenvalue weighted by Gasteiger charge is -2.37. The number of aromatic hydroxyl groups is 1. The molecule has 0 radical (unpaired) electrons. The first-order valence-corrected chi connectivity index (χ1v) is 9.79. The highest BCUT2D eigenvalue weighted by atomic mass is 32.1. The molecule has 1 fully saturated rings. The number of aromatic nitrogens is 1. The number of amides is 1. The lowest BCUT2D eigenvalue weighted by atomic mass is 9.85. The van der Waals surface area contributed by atoms with Crippen molar-refractivity contribution in [2.45, 2.75) is 39.0 Å². The molecule has 25 heavy (non-hydrogen) atoms. The summed E-state index contributed by atoms with van der Waals surface area (Å²) in [6.07, 6.45) is 7.97. The van der Waals surface area contributed by atoms with Crippen LogP contribution in [0.3, 0.4) is 0 Å². The highest BCUT2D eigenvalue weighted by Gasteiger charge is 2.31. The Labute approximate surface area is 151 Å². The number of thiazole rings is 1. The van der Waals surface area contributed by atoms with Gasteiger partial charge >= 0.3 is 0 Å². The summed E-state index contributed by atoms with van der Waals surface area (Å²) in [5.41, 5.74) is 3.19. The highest BCUT2D eigenvalue weighted by molar-refractivity contribution is 7.13. The van der Waals surface area contributed by atoms with E-state index in [0.717, 1.165) is 24.9 Å². The number of carbonyl (C=O) groups excluding carboxylic acids is 1. The number of aryl methyl sites for hydroxylation is 1. The fourth-order valence-corrected chi connectivity index (χ4v) is 4.68. The number of likely N-dealkylation sites (tertiary alicyclic amines) is 1. The molecule has 1 atom stereocenters. The Morgan fingerprint density at radius 1 is 1.32 bits per heavy atom. The van der Waals surface area contributed by atoms with Crippen LogP contribution < -0.4 is 0 Å². The quantitative estimate of drug-likeness (QED) is 0.847. The van der Waals surface area contributed by atoms with Crippen molar-refractivity contribution in [1.29, 1.82) is 0 Å². The van der Waals surface area contributed by atoms with E-state index in [0.29, 0.717) is 22.2 Å². The van der Waals surface area contributed by atoms with Gasteiger partial charge in [-0.1, -0.05) is 18.2 Å². The number of piperidine rings is 1. The largest absolute Gasteiger partial charge is 0.507 e. The summed E-state index contributed by atoms with van der Waals surface area (Å²) >= 11 is 1.41. The number of para-hydroxylation sites is 1. The molecule has 1 aromatic heterocycles. The number of phenols is 1. The van der Waals surface area contributed by atoms with Crippen LogP contribution in [0.1, 0.15) is 48.2 Å². The topological polar surface area (TPSA) is 53.4 Å². The molecule has 0 spiro atoms. The fourth-order valence-electron chi connectivity index (χ4n) is 3.86. The Balaban J connectivity index is 1.62. The number of fused-ring (bicyclic) bond motifs is 1. The summed E-state index contributed by atoms with van der Waals surface area (Å²) in [7, 11) is 0. The summed E-state index contributed by atoms with van der Waals surface area (Å²) in [5, 5.41) is 12.8. The third kappa shape index (κ3) is 2.97. The van der Waals surface area contributed by atoms with Gasteiger partial charge in [0.15, 0.2) is 0 Å². The van der Waals surface area contributed by atoms with Crippen LogP contribution in [0.2, 0.25) is 0 Å². The predicted molar refractivity (Wildman–Crippen MR) is 99.6 cm³/mol. The molecule has 2 aliphatic rings. The van der Waals surface area contributed by atoms with Gasteiger partial charge in [0.2, 0.25) is 0 Å². The van der Waals surface area contributed by atoms with Gasteiger partial charge < -0.3 is 10.0 Å². The average molecular weight is 354 g/mol. The molecule has 2 heterocycles. The van der Waals surface area contributed by atoms with E-state index in [1.54, 1.807) is 0 Å². The molecule has 1 saturated heterocycles. The summed E-state index contributed by atoms with van der Waals surface area (Å²) in [6.45, 7) is 2.64. The monoisotopic (exact) mass is 354 g/mol. The lowest BCUT2D eigenvalue weighted by molar-refractivity contribution is 0.0744. The maximum Gasteiger partial charge on any atom is 0.277 e. The molecule has 1 aliphatic heterocycles. The zero-order chi connectivity index (χ0) is 17.4. The van der Waals surface area contributed by atoms with Crippen molar-refractivity contribution in [3.05, 3.63) is 46.6 Å². The van der Waals surface area contributed by atoms with E-state index in [1.807, 2.05) is 35.4 Å². The van der Waals surface area contributed by atoms with Crippen molar-refractivity contribution in [1.82, 2.24) is 9.88 Å². The van der Waals surface area contributed by atoms with Crippen molar-refractivity contribution in [2.75, 3.05) is 6.54 Å². The van der Waals surface area contributed by atoms with Gasteiger partial charge in [-0.05, 0) is 56.6 Å². The zero-order valence-corrected chi connectivity index (χ0v) is 15.2.